The van der Waals surface area contributed by atoms with E-state index in [0.717, 1.165) is 63.0 Å². The van der Waals surface area contributed by atoms with Gasteiger partial charge in [-0.15, -0.1) is 0 Å². The van der Waals surface area contributed by atoms with Crippen molar-refractivity contribution in [2.24, 2.45) is 5.92 Å². The first kappa shape index (κ1) is 19.7. The van der Waals surface area contributed by atoms with Crippen LogP contribution in [0, 0.1) is 12.8 Å². The number of rotatable bonds is 4. The number of carbonyl (C=O) groups is 2. The molecule has 6 heteroatoms. The van der Waals surface area contributed by atoms with Gasteiger partial charge in [-0.2, -0.15) is 0 Å². The number of nitrogens with one attached hydrogen (secondary N) is 1. The van der Waals surface area contributed by atoms with Crippen molar-refractivity contribution in [3.63, 3.8) is 0 Å². The second kappa shape index (κ2) is 8.39. The smallest absolute Gasteiger partial charge is 0.289 e. The molecule has 0 aliphatic carbocycles. The first-order chi connectivity index (χ1) is 14.0. The molecule has 4 rings (SSSR count). The molecule has 1 aromatic heterocycles. The quantitative estimate of drug-likeness (QED) is 0.865. The summed E-state index contributed by atoms with van der Waals surface area (Å²) < 4.78 is 1.99. The summed E-state index contributed by atoms with van der Waals surface area (Å²) in [5.41, 5.74) is 3.56. The zero-order chi connectivity index (χ0) is 20.4. The monoisotopic (exact) mass is 394 g/mol. The van der Waals surface area contributed by atoms with E-state index in [4.69, 9.17) is 0 Å². The van der Waals surface area contributed by atoms with Crippen LogP contribution in [0.1, 0.15) is 70.5 Å². The van der Waals surface area contributed by atoms with Gasteiger partial charge >= 0.3 is 0 Å². The Kier molecular flexibility index (Phi) is 5.69. The third kappa shape index (κ3) is 4.21. The van der Waals surface area contributed by atoms with Crippen LogP contribution in [0.5, 0.6) is 0 Å². The molecule has 2 aliphatic rings. The highest BCUT2D eigenvalue weighted by atomic mass is 16.2. The van der Waals surface area contributed by atoms with E-state index in [-0.39, 0.29) is 11.8 Å². The molecule has 1 unspecified atom stereocenters. The zero-order valence-corrected chi connectivity index (χ0v) is 17.4. The fourth-order valence-corrected chi connectivity index (χ4v) is 4.49. The van der Waals surface area contributed by atoms with Gasteiger partial charge in [0.15, 0.2) is 5.82 Å². The number of hydrogen-bond acceptors (Lipinski definition) is 3. The molecule has 0 spiro atoms. The molecule has 6 nitrogen and oxygen atoms in total. The fourth-order valence-electron chi connectivity index (χ4n) is 4.49. The van der Waals surface area contributed by atoms with Crippen LogP contribution in [0.4, 0.5) is 0 Å². The van der Waals surface area contributed by atoms with Crippen molar-refractivity contribution < 1.29 is 9.59 Å². The van der Waals surface area contributed by atoms with Gasteiger partial charge in [-0.1, -0.05) is 36.8 Å². The standard InChI is InChI=1S/C23H30N4O2/c1-16-7-5-9-18(13-16)14-24-22(28)20-19-10-3-4-12-27(19)21(25-20)23(29)26-11-6-8-17(2)15-26/h5,7,9,13,17H,3-4,6,8,10-12,14-15H2,1-2H3,(H,24,28). The van der Waals surface area contributed by atoms with Crippen molar-refractivity contribution >= 4 is 11.8 Å². The maximum absolute atomic E-state index is 13.2. The minimum Gasteiger partial charge on any atom is -0.347 e. The topological polar surface area (TPSA) is 67.2 Å². The summed E-state index contributed by atoms with van der Waals surface area (Å²) >= 11 is 0. The molecule has 154 valence electrons. The Morgan fingerprint density at radius 3 is 2.86 bits per heavy atom. The van der Waals surface area contributed by atoms with Gasteiger partial charge in [0.25, 0.3) is 11.8 Å². The molecule has 0 saturated carbocycles. The molecule has 0 radical (unpaired) electrons. The van der Waals surface area contributed by atoms with Gasteiger partial charge in [-0.25, -0.2) is 4.98 Å². The van der Waals surface area contributed by atoms with Gasteiger partial charge in [0.2, 0.25) is 0 Å². The summed E-state index contributed by atoms with van der Waals surface area (Å²) in [6.07, 6.45) is 5.03. The van der Waals surface area contributed by atoms with Crippen LogP contribution < -0.4 is 5.32 Å². The maximum atomic E-state index is 13.2. The molecule has 2 amide bonds. The van der Waals surface area contributed by atoms with Gasteiger partial charge in [0.05, 0.1) is 5.69 Å². The van der Waals surface area contributed by atoms with E-state index in [1.54, 1.807) is 0 Å². The van der Waals surface area contributed by atoms with E-state index < -0.39 is 0 Å². The molecule has 1 aromatic carbocycles. The first-order valence-electron chi connectivity index (χ1n) is 10.8. The number of imidazole rings is 1. The van der Waals surface area contributed by atoms with Crippen molar-refractivity contribution in [1.82, 2.24) is 19.8 Å². The van der Waals surface area contributed by atoms with Crippen LogP contribution in [0.15, 0.2) is 24.3 Å². The number of amides is 2. The van der Waals surface area contributed by atoms with E-state index >= 15 is 0 Å². The lowest BCUT2D eigenvalue weighted by atomic mass is 10.0. The summed E-state index contributed by atoms with van der Waals surface area (Å²) in [4.78, 5) is 32.6. The number of aromatic nitrogens is 2. The molecular formula is C23H30N4O2. The van der Waals surface area contributed by atoms with E-state index in [1.165, 1.54) is 5.56 Å². The lowest BCUT2D eigenvalue weighted by molar-refractivity contribution is 0.0664. The molecule has 1 saturated heterocycles. The number of aryl methyl sites for hydroxylation is 1. The van der Waals surface area contributed by atoms with Crippen LogP contribution in [0.2, 0.25) is 0 Å². The maximum Gasteiger partial charge on any atom is 0.289 e. The van der Waals surface area contributed by atoms with Crippen LogP contribution in [0.25, 0.3) is 0 Å². The molecule has 1 fully saturated rings. The van der Waals surface area contributed by atoms with Crippen LogP contribution in [-0.2, 0) is 19.5 Å². The lowest BCUT2D eigenvalue weighted by Crippen LogP contribution is -2.40. The van der Waals surface area contributed by atoms with Gasteiger partial charge < -0.3 is 14.8 Å². The van der Waals surface area contributed by atoms with E-state index in [9.17, 15) is 9.59 Å². The number of likely N-dealkylation sites (tertiary alicyclic amines) is 1. The number of piperidine rings is 1. The highest BCUT2D eigenvalue weighted by Gasteiger charge is 2.31. The van der Waals surface area contributed by atoms with Crippen molar-refractivity contribution in [3.05, 3.63) is 52.6 Å². The van der Waals surface area contributed by atoms with E-state index in [1.807, 2.05) is 34.6 Å². The minimum atomic E-state index is -0.191. The third-order valence-corrected chi connectivity index (χ3v) is 6.00. The SMILES string of the molecule is Cc1cccc(CNC(=O)c2nc(C(=O)N3CCCC(C)C3)n3c2CCCC3)c1. The van der Waals surface area contributed by atoms with E-state index in [0.29, 0.717) is 24.0 Å². The van der Waals surface area contributed by atoms with Crippen molar-refractivity contribution in [2.45, 2.75) is 59.0 Å². The molecule has 1 atom stereocenters. The Morgan fingerprint density at radius 2 is 2.07 bits per heavy atom. The molecule has 29 heavy (non-hydrogen) atoms. The number of carbonyl (C=O) groups excluding carboxylic acids is 2. The predicted molar refractivity (Wildman–Crippen MR) is 112 cm³/mol. The minimum absolute atomic E-state index is 0.0302. The second-order valence-electron chi connectivity index (χ2n) is 8.51. The lowest BCUT2D eigenvalue weighted by Gasteiger charge is -2.31. The number of nitrogens with zero attached hydrogens (tertiary/aromatic N) is 3. The van der Waals surface area contributed by atoms with Gasteiger partial charge in [-0.05, 0) is 50.5 Å². The Morgan fingerprint density at radius 1 is 1.21 bits per heavy atom. The summed E-state index contributed by atoms with van der Waals surface area (Å²) in [7, 11) is 0. The third-order valence-electron chi connectivity index (χ3n) is 6.00. The molecule has 0 bridgehead atoms. The molecular weight excluding hydrogens is 364 g/mol. The molecule has 2 aromatic rings. The summed E-state index contributed by atoms with van der Waals surface area (Å²) in [6.45, 7) is 6.99. The van der Waals surface area contributed by atoms with E-state index in [2.05, 4.69) is 23.3 Å². The van der Waals surface area contributed by atoms with Crippen molar-refractivity contribution in [1.29, 1.82) is 0 Å². The van der Waals surface area contributed by atoms with Gasteiger partial charge in [0, 0.05) is 26.2 Å². The van der Waals surface area contributed by atoms with Gasteiger partial charge in [0.1, 0.15) is 5.69 Å². The summed E-state index contributed by atoms with van der Waals surface area (Å²) in [6, 6.07) is 8.10. The summed E-state index contributed by atoms with van der Waals surface area (Å²) in [5, 5.41) is 2.99. The Bertz CT molecular complexity index is 918. The Hall–Kier alpha value is -2.63. The largest absolute Gasteiger partial charge is 0.347 e. The average Bonchev–Trinajstić information content (AvgIpc) is 3.11. The number of hydrogen-bond donors (Lipinski definition) is 1. The van der Waals surface area contributed by atoms with Crippen LogP contribution >= 0.6 is 0 Å². The van der Waals surface area contributed by atoms with Crippen LogP contribution in [0.3, 0.4) is 0 Å². The van der Waals surface area contributed by atoms with Crippen LogP contribution in [-0.4, -0.2) is 39.4 Å². The highest BCUT2D eigenvalue weighted by molar-refractivity contribution is 5.97. The number of benzene rings is 1. The van der Waals surface area contributed by atoms with Crippen molar-refractivity contribution in [3.8, 4) is 0 Å². The Labute approximate surface area is 172 Å². The molecule has 3 heterocycles. The molecule has 1 N–H and O–H groups in total. The predicted octanol–water partition coefficient (Wildman–Crippen LogP) is 3.33. The van der Waals surface area contributed by atoms with Gasteiger partial charge in [-0.3, -0.25) is 9.59 Å². The fraction of sp³-hybridized carbons (Fsp3) is 0.522. The average molecular weight is 395 g/mol. The highest BCUT2D eigenvalue weighted by Crippen LogP contribution is 2.24. The number of fused-ring (bicyclic) bond motifs is 1. The Balaban J connectivity index is 1.55. The first-order valence-corrected chi connectivity index (χ1v) is 10.8. The normalized spacial score (nSPS) is 19.0. The summed E-state index contributed by atoms with van der Waals surface area (Å²) in [5.74, 6) is 0.732. The second-order valence-corrected chi connectivity index (χ2v) is 8.51. The van der Waals surface area contributed by atoms with Crippen molar-refractivity contribution in [2.75, 3.05) is 13.1 Å². The zero-order valence-electron chi connectivity index (χ0n) is 17.4. The molecule has 2 aliphatic heterocycles.